The highest BCUT2D eigenvalue weighted by molar-refractivity contribution is 9.10. The van der Waals surface area contributed by atoms with Crippen LogP contribution in [0.5, 0.6) is 0 Å². The second kappa shape index (κ2) is 6.54. The van der Waals surface area contributed by atoms with Gasteiger partial charge in [0.25, 0.3) is 5.91 Å². The standard InChI is InChI=1S/C16H15BrN2O2/c1-10-6-7-13(17)12(8-10)16(21)19-14-5-3-2-4-11(14)9-15(18)20/h2-8H,9H2,1H3,(H2,18,20)(H,19,21). The molecule has 0 saturated heterocycles. The molecule has 2 amide bonds. The summed E-state index contributed by atoms with van der Waals surface area (Å²) >= 11 is 3.37. The van der Waals surface area contributed by atoms with Gasteiger partial charge in [0.1, 0.15) is 0 Å². The van der Waals surface area contributed by atoms with Gasteiger partial charge in [-0.25, -0.2) is 0 Å². The minimum Gasteiger partial charge on any atom is -0.369 e. The van der Waals surface area contributed by atoms with Crippen LogP contribution in [-0.4, -0.2) is 11.8 Å². The van der Waals surface area contributed by atoms with Crippen molar-refractivity contribution >= 4 is 33.4 Å². The Hall–Kier alpha value is -2.14. The van der Waals surface area contributed by atoms with E-state index in [9.17, 15) is 9.59 Å². The highest BCUT2D eigenvalue weighted by atomic mass is 79.9. The Morgan fingerprint density at radius 3 is 2.62 bits per heavy atom. The third kappa shape index (κ3) is 3.92. The zero-order valence-corrected chi connectivity index (χ0v) is 13.1. The molecule has 0 aliphatic rings. The van der Waals surface area contributed by atoms with Crippen molar-refractivity contribution in [2.45, 2.75) is 13.3 Å². The molecule has 2 aromatic carbocycles. The molecule has 0 aromatic heterocycles. The topological polar surface area (TPSA) is 72.2 Å². The van der Waals surface area contributed by atoms with Gasteiger partial charge < -0.3 is 11.1 Å². The van der Waals surface area contributed by atoms with Crippen LogP contribution in [0.25, 0.3) is 0 Å². The third-order valence-electron chi connectivity index (χ3n) is 3.00. The maximum absolute atomic E-state index is 12.4. The molecule has 0 unspecified atom stereocenters. The van der Waals surface area contributed by atoms with E-state index in [1.807, 2.05) is 19.1 Å². The normalized spacial score (nSPS) is 10.2. The number of rotatable bonds is 4. The van der Waals surface area contributed by atoms with Gasteiger partial charge in [-0.2, -0.15) is 0 Å². The number of carbonyl (C=O) groups is 2. The Bertz CT molecular complexity index is 698. The summed E-state index contributed by atoms with van der Waals surface area (Å²) in [5, 5.41) is 2.82. The first-order valence-corrected chi connectivity index (χ1v) is 7.20. The van der Waals surface area contributed by atoms with Crippen LogP contribution < -0.4 is 11.1 Å². The van der Waals surface area contributed by atoms with E-state index >= 15 is 0 Å². The SMILES string of the molecule is Cc1ccc(Br)c(C(=O)Nc2ccccc2CC(N)=O)c1. The van der Waals surface area contributed by atoms with E-state index in [1.54, 1.807) is 30.3 Å². The molecule has 2 aromatic rings. The summed E-state index contributed by atoms with van der Waals surface area (Å²) in [6.07, 6.45) is 0.0887. The minimum atomic E-state index is -0.437. The molecule has 108 valence electrons. The summed E-state index contributed by atoms with van der Waals surface area (Å²) in [6.45, 7) is 1.92. The number of nitrogens with one attached hydrogen (secondary N) is 1. The number of carbonyl (C=O) groups excluding carboxylic acids is 2. The maximum atomic E-state index is 12.4. The number of primary amides is 1. The molecule has 0 fully saturated rings. The Labute approximate surface area is 131 Å². The van der Waals surface area contributed by atoms with Crippen LogP contribution in [0, 0.1) is 6.92 Å². The molecule has 5 heteroatoms. The van der Waals surface area contributed by atoms with E-state index < -0.39 is 5.91 Å². The number of benzene rings is 2. The molecule has 0 aliphatic heterocycles. The third-order valence-corrected chi connectivity index (χ3v) is 3.69. The summed E-state index contributed by atoms with van der Waals surface area (Å²) in [5.41, 5.74) is 8.05. The summed E-state index contributed by atoms with van der Waals surface area (Å²) in [5.74, 6) is -0.670. The Morgan fingerprint density at radius 1 is 1.19 bits per heavy atom. The molecule has 0 atom stereocenters. The van der Waals surface area contributed by atoms with Crippen LogP contribution in [-0.2, 0) is 11.2 Å². The number of hydrogen-bond acceptors (Lipinski definition) is 2. The maximum Gasteiger partial charge on any atom is 0.256 e. The first kappa shape index (κ1) is 15.3. The molecular weight excluding hydrogens is 332 g/mol. The second-order valence-electron chi connectivity index (χ2n) is 4.74. The van der Waals surface area contributed by atoms with Crippen molar-refractivity contribution in [3.63, 3.8) is 0 Å². The van der Waals surface area contributed by atoms with E-state index in [4.69, 9.17) is 5.73 Å². The van der Waals surface area contributed by atoms with E-state index in [0.29, 0.717) is 16.8 Å². The Morgan fingerprint density at radius 2 is 1.90 bits per heavy atom. The average Bonchev–Trinajstić information content (AvgIpc) is 2.43. The molecule has 0 aliphatic carbocycles. The fraction of sp³-hybridized carbons (Fsp3) is 0.125. The Balaban J connectivity index is 2.27. The first-order chi connectivity index (χ1) is 9.97. The van der Waals surface area contributed by atoms with Gasteiger partial charge in [-0.15, -0.1) is 0 Å². The predicted molar refractivity (Wildman–Crippen MR) is 86.2 cm³/mol. The lowest BCUT2D eigenvalue weighted by Gasteiger charge is -2.11. The molecule has 0 spiro atoms. The smallest absolute Gasteiger partial charge is 0.256 e. The zero-order valence-electron chi connectivity index (χ0n) is 11.5. The van der Waals surface area contributed by atoms with Gasteiger partial charge in [-0.1, -0.05) is 29.8 Å². The van der Waals surface area contributed by atoms with Crippen molar-refractivity contribution in [1.29, 1.82) is 0 Å². The van der Waals surface area contributed by atoms with Crippen LogP contribution in [0.15, 0.2) is 46.9 Å². The largest absolute Gasteiger partial charge is 0.369 e. The predicted octanol–water partition coefficient (Wildman–Crippen LogP) is 3.04. The average molecular weight is 347 g/mol. The van der Waals surface area contributed by atoms with E-state index in [0.717, 1.165) is 10.0 Å². The molecule has 0 heterocycles. The van der Waals surface area contributed by atoms with Crippen molar-refractivity contribution in [1.82, 2.24) is 0 Å². The van der Waals surface area contributed by atoms with Crippen LogP contribution in [0.2, 0.25) is 0 Å². The lowest BCUT2D eigenvalue weighted by molar-refractivity contribution is -0.117. The first-order valence-electron chi connectivity index (χ1n) is 6.41. The monoisotopic (exact) mass is 346 g/mol. The van der Waals surface area contributed by atoms with Crippen molar-refractivity contribution in [3.8, 4) is 0 Å². The molecule has 0 radical (unpaired) electrons. The number of aryl methyl sites for hydroxylation is 1. The second-order valence-corrected chi connectivity index (χ2v) is 5.59. The molecule has 0 saturated carbocycles. The van der Waals surface area contributed by atoms with Gasteiger partial charge in [0.2, 0.25) is 5.91 Å². The molecule has 3 N–H and O–H groups in total. The summed E-state index contributed by atoms with van der Waals surface area (Å²) in [4.78, 5) is 23.4. The highest BCUT2D eigenvalue weighted by Crippen LogP contribution is 2.21. The van der Waals surface area contributed by atoms with Crippen LogP contribution in [0.4, 0.5) is 5.69 Å². The fourth-order valence-electron chi connectivity index (χ4n) is 1.99. The molecular formula is C16H15BrN2O2. The van der Waals surface area contributed by atoms with Crippen LogP contribution in [0.1, 0.15) is 21.5 Å². The molecule has 4 nitrogen and oxygen atoms in total. The number of anilines is 1. The van der Waals surface area contributed by atoms with Gasteiger partial charge in [-0.3, -0.25) is 9.59 Å². The molecule has 2 rings (SSSR count). The fourth-order valence-corrected chi connectivity index (χ4v) is 2.41. The highest BCUT2D eigenvalue weighted by Gasteiger charge is 2.13. The number of amides is 2. The van der Waals surface area contributed by atoms with E-state index in [-0.39, 0.29) is 12.3 Å². The van der Waals surface area contributed by atoms with Crippen LogP contribution in [0.3, 0.4) is 0 Å². The summed E-state index contributed by atoms with van der Waals surface area (Å²) in [6, 6.07) is 12.7. The van der Waals surface area contributed by atoms with Gasteiger partial charge in [0.05, 0.1) is 12.0 Å². The Kier molecular flexibility index (Phi) is 4.75. The van der Waals surface area contributed by atoms with Crippen LogP contribution >= 0.6 is 15.9 Å². The van der Waals surface area contributed by atoms with Crippen molar-refractivity contribution in [2.75, 3.05) is 5.32 Å². The van der Waals surface area contributed by atoms with Crippen molar-refractivity contribution < 1.29 is 9.59 Å². The number of nitrogens with two attached hydrogens (primary N) is 1. The quantitative estimate of drug-likeness (QED) is 0.892. The van der Waals surface area contributed by atoms with Crippen molar-refractivity contribution in [3.05, 3.63) is 63.6 Å². The van der Waals surface area contributed by atoms with Gasteiger partial charge in [0.15, 0.2) is 0 Å². The molecule has 0 bridgehead atoms. The number of hydrogen-bond donors (Lipinski definition) is 2. The number of para-hydroxylation sites is 1. The van der Waals surface area contributed by atoms with Gasteiger partial charge in [0, 0.05) is 10.2 Å². The summed E-state index contributed by atoms with van der Waals surface area (Å²) < 4.78 is 0.720. The van der Waals surface area contributed by atoms with Crippen molar-refractivity contribution in [2.24, 2.45) is 5.73 Å². The zero-order chi connectivity index (χ0) is 15.4. The lowest BCUT2D eigenvalue weighted by Crippen LogP contribution is -2.18. The summed E-state index contributed by atoms with van der Waals surface area (Å²) in [7, 11) is 0. The van der Waals surface area contributed by atoms with E-state index in [2.05, 4.69) is 21.2 Å². The minimum absolute atomic E-state index is 0.0887. The number of halogens is 1. The van der Waals surface area contributed by atoms with Gasteiger partial charge >= 0.3 is 0 Å². The molecule has 21 heavy (non-hydrogen) atoms. The lowest BCUT2D eigenvalue weighted by atomic mass is 10.1. The van der Waals surface area contributed by atoms with Gasteiger partial charge in [-0.05, 0) is 46.6 Å². The van der Waals surface area contributed by atoms with E-state index in [1.165, 1.54) is 0 Å².